The van der Waals surface area contributed by atoms with Gasteiger partial charge < -0.3 is 0 Å². The van der Waals surface area contributed by atoms with Gasteiger partial charge in [-0.2, -0.15) is 0 Å². The fraction of sp³-hybridized carbons (Fsp3) is 0.429. The molecule has 0 fully saturated rings. The van der Waals surface area contributed by atoms with E-state index in [1.54, 1.807) is 0 Å². The molecule has 1 rings (SSSR count). The van der Waals surface area contributed by atoms with E-state index >= 15 is 0 Å². The molecule has 0 aliphatic carbocycles. The van der Waals surface area contributed by atoms with Crippen LogP contribution in [-0.2, 0) is 12.8 Å². The number of aryl methyl sites for hydroxylation is 1. The van der Waals surface area contributed by atoms with Crippen LogP contribution in [0.5, 0.6) is 0 Å². The maximum atomic E-state index is 5.76. The molecule has 0 aliphatic heterocycles. The Kier molecular flexibility index (Phi) is 5.49. The van der Waals surface area contributed by atoms with Crippen molar-refractivity contribution in [2.24, 2.45) is 0 Å². The van der Waals surface area contributed by atoms with Crippen LogP contribution in [-0.4, -0.2) is 0 Å². The second-order valence-corrected chi connectivity index (χ2v) is 4.50. The maximum Gasteiger partial charge on any atom is 0.0153 e. The Morgan fingerprint density at radius 2 is 1.73 bits per heavy atom. The number of hydrogen-bond acceptors (Lipinski definition) is 0. The third kappa shape index (κ3) is 5.03. The van der Waals surface area contributed by atoms with Crippen molar-refractivity contribution < 1.29 is 0 Å². The van der Waals surface area contributed by atoms with E-state index in [0.717, 1.165) is 6.42 Å². The van der Waals surface area contributed by atoms with E-state index in [2.05, 4.69) is 37.8 Å². The van der Waals surface area contributed by atoms with Crippen LogP contribution in [0.1, 0.15) is 37.3 Å². The van der Waals surface area contributed by atoms with Crippen LogP contribution >= 0.6 is 11.6 Å². The summed E-state index contributed by atoms with van der Waals surface area (Å²) in [5.74, 6) is 0. The van der Waals surface area contributed by atoms with Gasteiger partial charge in [0.2, 0.25) is 0 Å². The molecule has 0 radical (unpaired) electrons. The summed E-state index contributed by atoms with van der Waals surface area (Å²) < 4.78 is 0. The molecule has 1 heteroatoms. The SMILES string of the molecule is C=C(Cl)Cc1ccc(CCCCC)cc1. The van der Waals surface area contributed by atoms with Crippen LogP contribution < -0.4 is 0 Å². The maximum absolute atomic E-state index is 5.76. The highest BCUT2D eigenvalue weighted by Crippen LogP contribution is 2.12. The van der Waals surface area contributed by atoms with Gasteiger partial charge in [0.1, 0.15) is 0 Å². The number of halogens is 1. The average molecular weight is 223 g/mol. The zero-order valence-electron chi connectivity index (χ0n) is 9.43. The Balaban J connectivity index is 2.45. The van der Waals surface area contributed by atoms with Crippen LogP contribution in [0.3, 0.4) is 0 Å². The molecule has 0 N–H and O–H groups in total. The van der Waals surface area contributed by atoms with Crippen LogP contribution in [0.2, 0.25) is 0 Å². The molecule has 1 aromatic carbocycles. The van der Waals surface area contributed by atoms with Gasteiger partial charge in [0.05, 0.1) is 0 Å². The van der Waals surface area contributed by atoms with Gasteiger partial charge in [-0.3, -0.25) is 0 Å². The van der Waals surface area contributed by atoms with Crippen molar-refractivity contribution in [3.63, 3.8) is 0 Å². The summed E-state index contributed by atoms with van der Waals surface area (Å²) in [6, 6.07) is 8.69. The lowest BCUT2D eigenvalue weighted by molar-refractivity contribution is 0.717. The quantitative estimate of drug-likeness (QED) is 0.612. The summed E-state index contributed by atoms with van der Waals surface area (Å²) in [5.41, 5.74) is 2.67. The first-order valence-electron chi connectivity index (χ1n) is 5.63. The summed E-state index contributed by atoms with van der Waals surface area (Å²) in [4.78, 5) is 0. The minimum absolute atomic E-state index is 0.703. The minimum atomic E-state index is 0.703. The lowest BCUT2D eigenvalue weighted by atomic mass is 10.0. The van der Waals surface area contributed by atoms with Crippen LogP contribution in [0.15, 0.2) is 35.9 Å². The lowest BCUT2D eigenvalue weighted by Gasteiger charge is -2.03. The van der Waals surface area contributed by atoms with Crippen molar-refractivity contribution >= 4 is 11.6 Å². The topological polar surface area (TPSA) is 0 Å². The number of allylic oxidation sites excluding steroid dienone is 1. The number of unbranched alkanes of at least 4 members (excludes halogenated alkanes) is 2. The molecule has 0 bridgehead atoms. The summed E-state index contributed by atoms with van der Waals surface area (Å²) in [5, 5.41) is 0.703. The highest BCUT2D eigenvalue weighted by atomic mass is 35.5. The number of benzene rings is 1. The van der Waals surface area contributed by atoms with Gasteiger partial charge in [0.25, 0.3) is 0 Å². The summed E-state index contributed by atoms with van der Waals surface area (Å²) >= 11 is 5.76. The van der Waals surface area contributed by atoms with Crippen molar-refractivity contribution in [1.82, 2.24) is 0 Å². The van der Waals surface area contributed by atoms with Gasteiger partial charge >= 0.3 is 0 Å². The molecular weight excluding hydrogens is 204 g/mol. The molecule has 0 amide bonds. The van der Waals surface area contributed by atoms with Gasteiger partial charge in [-0.15, -0.1) is 0 Å². The summed E-state index contributed by atoms with van der Waals surface area (Å²) in [7, 11) is 0. The third-order valence-electron chi connectivity index (χ3n) is 2.49. The van der Waals surface area contributed by atoms with Gasteiger partial charge in [-0.05, 0) is 24.0 Å². The Bertz CT molecular complexity index is 298. The predicted molar refractivity (Wildman–Crippen MR) is 68.4 cm³/mol. The van der Waals surface area contributed by atoms with Gasteiger partial charge in [0.15, 0.2) is 0 Å². The van der Waals surface area contributed by atoms with E-state index in [1.165, 1.54) is 36.8 Å². The highest BCUT2D eigenvalue weighted by Gasteiger charge is 1.96. The molecule has 0 nitrogen and oxygen atoms in total. The Morgan fingerprint density at radius 1 is 1.13 bits per heavy atom. The van der Waals surface area contributed by atoms with Crippen molar-refractivity contribution in [3.8, 4) is 0 Å². The van der Waals surface area contributed by atoms with Gasteiger partial charge in [-0.25, -0.2) is 0 Å². The summed E-state index contributed by atoms with van der Waals surface area (Å²) in [6.07, 6.45) is 5.86. The zero-order valence-corrected chi connectivity index (χ0v) is 10.2. The molecule has 0 spiro atoms. The minimum Gasteiger partial charge on any atom is -0.0894 e. The Hall–Kier alpha value is -0.750. The van der Waals surface area contributed by atoms with E-state index in [-0.39, 0.29) is 0 Å². The van der Waals surface area contributed by atoms with Gasteiger partial charge in [-0.1, -0.05) is 62.2 Å². The zero-order chi connectivity index (χ0) is 11.1. The van der Waals surface area contributed by atoms with E-state index in [9.17, 15) is 0 Å². The van der Waals surface area contributed by atoms with E-state index in [0.29, 0.717) is 5.03 Å². The van der Waals surface area contributed by atoms with Gasteiger partial charge in [0, 0.05) is 11.5 Å². The first kappa shape index (κ1) is 12.3. The normalized spacial score (nSPS) is 10.3. The smallest absolute Gasteiger partial charge is 0.0153 e. The van der Waals surface area contributed by atoms with E-state index in [4.69, 9.17) is 11.6 Å². The molecule has 0 saturated heterocycles. The molecule has 0 heterocycles. The van der Waals surface area contributed by atoms with E-state index in [1.807, 2.05) is 0 Å². The van der Waals surface area contributed by atoms with Crippen molar-refractivity contribution in [2.45, 2.75) is 39.0 Å². The molecule has 82 valence electrons. The standard InChI is InChI=1S/C14H19Cl/c1-3-4-5-6-13-7-9-14(10-8-13)11-12(2)15/h7-10H,2-6,11H2,1H3. The van der Waals surface area contributed by atoms with Crippen LogP contribution in [0, 0.1) is 0 Å². The molecule has 1 aromatic rings. The molecule has 0 unspecified atom stereocenters. The average Bonchev–Trinajstić information content (AvgIpc) is 2.20. The highest BCUT2D eigenvalue weighted by molar-refractivity contribution is 6.29. The Labute approximate surface area is 98.0 Å². The molecular formula is C14H19Cl. The Morgan fingerprint density at radius 3 is 2.27 bits per heavy atom. The van der Waals surface area contributed by atoms with Crippen molar-refractivity contribution in [3.05, 3.63) is 47.0 Å². The molecule has 0 atom stereocenters. The van der Waals surface area contributed by atoms with Crippen LogP contribution in [0.25, 0.3) is 0 Å². The first-order chi connectivity index (χ1) is 7.22. The largest absolute Gasteiger partial charge is 0.0894 e. The molecule has 0 saturated carbocycles. The molecule has 0 aromatic heterocycles. The monoisotopic (exact) mass is 222 g/mol. The third-order valence-corrected chi connectivity index (χ3v) is 2.62. The summed E-state index contributed by atoms with van der Waals surface area (Å²) in [6.45, 7) is 5.93. The van der Waals surface area contributed by atoms with E-state index < -0.39 is 0 Å². The number of hydrogen-bond donors (Lipinski definition) is 0. The predicted octanol–water partition coefficient (Wildman–Crippen LogP) is 4.71. The molecule has 0 aliphatic rings. The van der Waals surface area contributed by atoms with Crippen LogP contribution in [0.4, 0.5) is 0 Å². The van der Waals surface area contributed by atoms with Crippen molar-refractivity contribution in [1.29, 1.82) is 0 Å². The fourth-order valence-corrected chi connectivity index (χ4v) is 1.78. The number of rotatable bonds is 6. The fourth-order valence-electron chi connectivity index (χ4n) is 1.62. The second kappa shape index (κ2) is 6.68. The first-order valence-corrected chi connectivity index (χ1v) is 6.01. The second-order valence-electron chi connectivity index (χ2n) is 3.97. The van der Waals surface area contributed by atoms with Crippen molar-refractivity contribution in [2.75, 3.05) is 0 Å². The molecule has 15 heavy (non-hydrogen) atoms. The lowest BCUT2D eigenvalue weighted by Crippen LogP contribution is -1.88.